The van der Waals surface area contributed by atoms with Crippen molar-refractivity contribution in [2.24, 2.45) is 0 Å². The van der Waals surface area contributed by atoms with Gasteiger partial charge >= 0.3 is 0 Å². The van der Waals surface area contributed by atoms with Crippen LogP contribution in [0.3, 0.4) is 0 Å². The van der Waals surface area contributed by atoms with Crippen LogP contribution in [-0.4, -0.2) is 49.5 Å². The number of halogens is 1. The molecule has 3 aromatic carbocycles. The molecule has 1 N–H and O–H groups in total. The molecule has 1 unspecified atom stereocenters. The summed E-state index contributed by atoms with van der Waals surface area (Å²) in [5, 5.41) is 2.98. The van der Waals surface area contributed by atoms with Gasteiger partial charge in [0.25, 0.3) is 0 Å². The van der Waals surface area contributed by atoms with Crippen LogP contribution >= 0.6 is 15.9 Å². The molecule has 0 aliphatic rings. The summed E-state index contributed by atoms with van der Waals surface area (Å²) in [5.74, 6) is -0.370. The summed E-state index contributed by atoms with van der Waals surface area (Å²) in [7, 11) is 6.51. The van der Waals surface area contributed by atoms with E-state index in [1.165, 1.54) is 11.7 Å². The van der Waals surface area contributed by atoms with E-state index < -0.39 is 4.83 Å². The van der Waals surface area contributed by atoms with Crippen LogP contribution < -0.4 is 10.2 Å². The van der Waals surface area contributed by atoms with Gasteiger partial charge in [0.15, 0.2) is 0 Å². The summed E-state index contributed by atoms with van der Waals surface area (Å²) in [5.41, 5.74) is 3.87. The minimum Gasteiger partial charge on any atom is -0.377 e. The number of carbonyl (C=O) groups excluding carboxylic acids is 2. The number of nitrogens with one attached hydrogen (secondary N) is 1. The Hall–Kier alpha value is -3.58. The number of benzene rings is 3. The summed E-state index contributed by atoms with van der Waals surface area (Å²) >= 11 is 3.34. The molecule has 2 amide bonds. The highest BCUT2D eigenvalue weighted by molar-refractivity contribution is 9.10. The molecular formula is C34H43BBrN3O2. The number of rotatable bonds is 11. The molecule has 0 bridgehead atoms. The third-order valence-corrected chi connectivity index (χ3v) is 6.37. The zero-order valence-electron chi connectivity index (χ0n) is 25.0. The second-order valence-corrected chi connectivity index (χ2v) is 10.5. The summed E-state index contributed by atoms with van der Waals surface area (Å²) < 4.78 is 0. The number of alkyl halides is 1. The Bertz CT molecular complexity index is 1190. The Labute approximate surface area is 256 Å². The number of anilines is 1. The fourth-order valence-electron chi connectivity index (χ4n) is 3.71. The van der Waals surface area contributed by atoms with E-state index in [-0.39, 0.29) is 24.4 Å². The number of carbonyl (C=O) groups is 2. The molecule has 0 saturated carbocycles. The molecule has 2 radical (unpaired) electrons. The fourth-order valence-corrected chi connectivity index (χ4v) is 3.96. The van der Waals surface area contributed by atoms with Gasteiger partial charge in [-0.1, -0.05) is 121 Å². The lowest BCUT2D eigenvalue weighted by molar-refractivity contribution is -0.123. The normalized spacial score (nSPS) is 11.6. The first-order valence-electron chi connectivity index (χ1n) is 13.8. The smallest absolute Gasteiger partial charge is 0.240 e. The van der Waals surface area contributed by atoms with E-state index in [4.69, 9.17) is 0 Å². The van der Waals surface area contributed by atoms with Gasteiger partial charge in [-0.05, 0) is 55.3 Å². The molecule has 5 nitrogen and oxygen atoms in total. The molecule has 0 aromatic heterocycles. The Morgan fingerprint density at radius 3 is 1.95 bits per heavy atom. The maximum atomic E-state index is 12.8. The maximum absolute atomic E-state index is 12.8. The lowest BCUT2D eigenvalue weighted by atomic mass is 10.1. The van der Waals surface area contributed by atoms with Gasteiger partial charge in [0.2, 0.25) is 11.8 Å². The Morgan fingerprint density at radius 2 is 1.44 bits per heavy atom. The number of hydrogen-bond acceptors (Lipinski definition) is 3. The monoisotopic (exact) mass is 615 g/mol. The van der Waals surface area contributed by atoms with Gasteiger partial charge in [-0.2, -0.15) is 0 Å². The van der Waals surface area contributed by atoms with E-state index in [0.717, 1.165) is 29.7 Å². The first-order chi connectivity index (χ1) is 19.8. The summed E-state index contributed by atoms with van der Waals surface area (Å²) in [4.78, 5) is 28.6. The van der Waals surface area contributed by atoms with Crippen LogP contribution in [0.2, 0.25) is 6.82 Å². The van der Waals surface area contributed by atoms with Crippen LogP contribution in [0.4, 0.5) is 5.69 Å². The van der Waals surface area contributed by atoms with E-state index in [2.05, 4.69) is 54.7 Å². The summed E-state index contributed by atoms with van der Waals surface area (Å²) in [6.45, 7) is 11.9. The predicted octanol–water partition coefficient (Wildman–Crippen LogP) is 7.58. The molecule has 0 spiro atoms. The number of hydrogen-bond donors (Lipinski definition) is 1. The molecule has 0 aliphatic heterocycles. The first-order valence-corrected chi connectivity index (χ1v) is 14.7. The molecule has 3 aromatic rings. The third kappa shape index (κ3) is 13.1. The van der Waals surface area contributed by atoms with Crippen molar-refractivity contribution in [1.29, 1.82) is 0 Å². The highest BCUT2D eigenvalue weighted by Crippen LogP contribution is 2.24. The van der Waals surface area contributed by atoms with Crippen molar-refractivity contribution in [3.8, 4) is 11.1 Å². The average Bonchev–Trinajstić information content (AvgIpc) is 3.01. The van der Waals surface area contributed by atoms with Gasteiger partial charge in [-0.25, -0.2) is 0 Å². The van der Waals surface area contributed by atoms with Crippen LogP contribution in [-0.2, 0) is 9.59 Å². The van der Waals surface area contributed by atoms with Crippen LogP contribution in [0, 0.1) is 0 Å². The molecule has 0 fully saturated rings. The van der Waals surface area contributed by atoms with Gasteiger partial charge in [-0.3, -0.25) is 9.59 Å². The largest absolute Gasteiger partial charge is 0.377 e. The molecule has 0 aliphatic carbocycles. The quantitative estimate of drug-likeness (QED) is 0.137. The molecular weight excluding hydrogens is 573 g/mol. The highest BCUT2D eigenvalue weighted by atomic mass is 79.9. The van der Waals surface area contributed by atoms with E-state index in [1.807, 2.05) is 110 Å². The van der Waals surface area contributed by atoms with Crippen LogP contribution in [0.1, 0.15) is 38.8 Å². The average molecular weight is 616 g/mol. The van der Waals surface area contributed by atoms with Crippen molar-refractivity contribution in [3.63, 3.8) is 0 Å². The highest BCUT2D eigenvalue weighted by Gasteiger charge is 2.23. The SMILES string of the molecule is C=CN(C)C/C=C\CC.CC(Br)C(=O)N(CC(=O)N[C@@H](C)c1ccccc1)c1ccc(-c2ccccc2)cc1.[B]C. The molecule has 7 heteroatoms. The van der Waals surface area contributed by atoms with E-state index in [1.54, 1.807) is 6.92 Å². The van der Waals surface area contributed by atoms with Gasteiger partial charge in [-0.15, -0.1) is 0 Å². The summed E-state index contributed by atoms with van der Waals surface area (Å²) in [6.07, 6.45) is 7.23. The van der Waals surface area contributed by atoms with Crippen LogP contribution in [0.15, 0.2) is 110 Å². The number of allylic oxidation sites excluding steroid dienone is 1. The van der Waals surface area contributed by atoms with Crippen molar-refractivity contribution in [2.45, 2.75) is 44.9 Å². The first kappa shape index (κ1) is 35.5. The standard InChI is InChI=1S/C25H25BrN2O2.C8H15N.CH3B/c1-18(26)25(30)28(17-24(29)27-19(2)20-9-5-3-6-10-20)23-15-13-22(14-16-23)21-11-7-4-8-12-21;1-4-6-7-8-9(3)5-2;1-2/h3-16,18-19H,17H2,1-2H3,(H,27,29);5-7H,2,4,8H2,1,3H3;1H3/b;7-6-;/t18?,19-;;/m0../s1. The second kappa shape index (κ2) is 20.3. The maximum Gasteiger partial charge on any atom is 0.240 e. The van der Waals surface area contributed by atoms with Crippen LogP contribution in [0.5, 0.6) is 0 Å². The number of likely N-dealkylation sites (N-methyl/N-ethyl adjacent to an activating group) is 1. The zero-order valence-corrected chi connectivity index (χ0v) is 26.6. The fraction of sp³-hybridized carbons (Fsp3) is 0.294. The minimum atomic E-state index is -0.398. The van der Waals surface area contributed by atoms with Gasteiger partial charge in [0.1, 0.15) is 6.54 Å². The van der Waals surface area contributed by atoms with Gasteiger partial charge in [0.05, 0.1) is 18.7 Å². The second-order valence-electron chi connectivity index (χ2n) is 9.15. The Balaban J connectivity index is 0.000000653. The predicted molar refractivity (Wildman–Crippen MR) is 179 cm³/mol. The molecule has 41 heavy (non-hydrogen) atoms. The lowest BCUT2D eigenvalue weighted by Crippen LogP contribution is -2.43. The van der Waals surface area contributed by atoms with Crippen molar-refractivity contribution in [1.82, 2.24) is 10.2 Å². The van der Waals surface area contributed by atoms with Gasteiger partial charge < -0.3 is 15.1 Å². The van der Waals surface area contributed by atoms with Crippen molar-refractivity contribution >= 4 is 41.3 Å². The minimum absolute atomic E-state index is 0.0450. The van der Waals surface area contributed by atoms with Gasteiger partial charge in [0, 0.05) is 19.3 Å². The van der Waals surface area contributed by atoms with E-state index in [9.17, 15) is 9.59 Å². The number of amides is 2. The molecule has 216 valence electrons. The van der Waals surface area contributed by atoms with Crippen molar-refractivity contribution in [2.75, 3.05) is 25.0 Å². The topological polar surface area (TPSA) is 52.7 Å². The molecule has 2 atom stereocenters. The van der Waals surface area contributed by atoms with E-state index >= 15 is 0 Å². The third-order valence-electron chi connectivity index (χ3n) is 5.98. The number of nitrogens with zero attached hydrogens (tertiary/aromatic N) is 2. The van der Waals surface area contributed by atoms with Crippen molar-refractivity contribution < 1.29 is 9.59 Å². The Kier molecular flexibility index (Phi) is 17.6. The van der Waals surface area contributed by atoms with Crippen molar-refractivity contribution in [3.05, 3.63) is 115 Å². The Morgan fingerprint density at radius 1 is 0.902 bits per heavy atom. The summed E-state index contributed by atoms with van der Waals surface area (Å²) in [6, 6.07) is 27.3. The molecule has 0 heterocycles. The lowest BCUT2D eigenvalue weighted by Gasteiger charge is -2.25. The molecule has 0 saturated heterocycles. The zero-order chi connectivity index (χ0) is 30.6. The molecule has 3 rings (SSSR count). The van der Waals surface area contributed by atoms with Crippen LogP contribution in [0.25, 0.3) is 11.1 Å². The van der Waals surface area contributed by atoms with E-state index in [0.29, 0.717) is 5.69 Å².